The van der Waals surface area contributed by atoms with E-state index in [0.29, 0.717) is 38.1 Å². The summed E-state index contributed by atoms with van der Waals surface area (Å²) in [6.07, 6.45) is 20.2. The summed E-state index contributed by atoms with van der Waals surface area (Å²) in [5.41, 5.74) is -1.61. The number of carbonyl (C=O) groups excluding carboxylic acids is 3. The van der Waals surface area contributed by atoms with Gasteiger partial charge in [0.1, 0.15) is 18.4 Å². The van der Waals surface area contributed by atoms with Crippen molar-refractivity contribution in [1.29, 1.82) is 0 Å². The maximum absolute atomic E-state index is 13.3. The number of ether oxygens (including phenoxy) is 2. The predicted molar refractivity (Wildman–Crippen MR) is 171 cm³/mol. The number of Topliss-reactive ketones (excluding diaryl/α,β-unsaturated/α-hetero) is 1. The second-order valence-electron chi connectivity index (χ2n) is 11.5. The molecule has 4 atom stereocenters. The Morgan fingerprint density at radius 3 is 2.32 bits per heavy atom. The van der Waals surface area contributed by atoms with Crippen LogP contribution in [0.2, 0.25) is 0 Å². The van der Waals surface area contributed by atoms with E-state index >= 15 is 0 Å². The number of hydrogen-bond acceptors (Lipinski definition) is 7. The first-order valence-electron chi connectivity index (χ1n) is 16.0. The lowest BCUT2D eigenvalue weighted by molar-refractivity contribution is -0.164. The Hall–Kier alpha value is -3.22. The number of nitrogens with one attached hydrogen (secondary N) is 1. The summed E-state index contributed by atoms with van der Waals surface area (Å²) >= 11 is 0. The Morgan fingerprint density at radius 1 is 1.09 bits per heavy atom. The molecule has 44 heavy (non-hydrogen) atoms. The molecule has 0 saturated carbocycles. The zero-order valence-corrected chi connectivity index (χ0v) is 27.1. The van der Waals surface area contributed by atoms with Crippen LogP contribution in [0.25, 0.3) is 0 Å². The van der Waals surface area contributed by atoms with Gasteiger partial charge in [0.25, 0.3) is 0 Å². The Labute approximate surface area is 263 Å². The summed E-state index contributed by atoms with van der Waals surface area (Å²) < 4.78 is 10.5. The van der Waals surface area contributed by atoms with Crippen LogP contribution in [0.1, 0.15) is 111 Å². The number of aliphatic hydroxyl groups is 1. The highest BCUT2D eigenvalue weighted by Gasteiger charge is 2.43. The molecule has 0 aliphatic heterocycles. The number of unbranched alkanes of at least 4 members (excludes halogenated alkanes) is 8. The molecule has 1 rings (SSSR count). The van der Waals surface area contributed by atoms with Crippen molar-refractivity contribution < 1.29 is 38.9 Å². The minimum absolute atomic E-state index is 0.128. The lowest BCUT2D eigenvalue weighted by Gasteiger charge is -2.28. The van der Waals surface area contributed by atoms with Gasteiger partial charge in [-0.3, -0.25) is 9.59 Å². The smallest absolute Gasteiger partial charge is 0.336 e. The number of allylic oxidation sites excluding steroid dienone is 2. The van der Waals surface area contributed by atoms with Crippen LogP contribution in [0, 0.1) is 17.8 Å². The number of aliphatic carboxylic acids is 1. The molecule has 1 aliphatic carbocycles. The zero-order valence-electron chi connectivity index (χ0n) is 27.1. The van der Waals surface area contributed by atoms with Crippen molar-refractivity contribution in [3.8, 4) is 11.8 Å². The van der Waals surface area contributed by atoms with E-state index in [1.807, 2.05) is 18.2 Å². The van der Waals surface area contributed by atoms with Gasteiger partial charge in [-0.05, 0) is 51.5 Å². The Kier molecular flexibility index (Phi) is 19.7. The average molecular weight is 616 g/mol. The quantitative estimate of drug-likeness (QED) is 0.0584. The number of esters is 1. The van der Waals surface area contributed by atoms with Crippen LogP contribution >= 0.6 is 0 Å². The lowest BCUT2D eigenvalue weighted by Crippen LogP contribution is -2.52. The molecule has 1 aliphatic rings. The van der Waals surface area contributed by atoms with E-state index in [1.54, 1.807) is 13.0 Å². The van der Waals surface area contributed by atoms with Gasteiger partial charge in [0, 0.05) is 19.3 Å². The number of ketones is 1. The molecule has 3 N–H and O–H groups in total. The maximum Gasteiger partial charge on any atom is 0.336 e. The Balaban J connectivity index is 2.66. The molecule has 1 amide bonds. The average Bonchev–Trinajstić information content (AvgIpc) is 3.00. The minimum Gasteiger partial charge on any atom is -0.479 e. The third-order valence-electron chi connectivity index (χ3n) is 7.71. The maximum atomic E-state index is 13.3. The van der Waals surface area contributed by atoms with Crippen LogP contribution in [0.4, 0.5) is 0 Å². The summed E-state index contributed by atoms with van der Waals surface area (Å²) in [5.74, 6) is 1.47. The van der Waals surface area contributed by atoms with Gasteiger partial charge in [0.2, 0.25) is 5.91 Å². The van der Waals surface area contributed by atoms with Gasteiger partial charge in [0.15, 0.2) is 5.60 Å². The highest BCUT2D eigenvalue weighted by Crippen LogP contribution is 2.23. The van der Waals surface area contributed by atoms with Gasteiger partial charge in [0.05, 0.1) is 19.1 Å². The van der Waals surface area contributed by atoms with Gasteiger partial charge in [-0.25, -0.2) is 9.59 Å². The summed E-state index contributed by atoms with van der Waals surface area (Å²) in [6, 6.07) is -1.08. The fourth-order valence-corrected chi connectivity index (χ4v) is 4.86. The lowest BCUT2D eigenvalue weighted by atomic mass is 9.87. The van der Waals surface area contributed by atoms with Crippen molar-refractivity contribution in [3.05, 3.63) is 36.0 Å². The largest absolute Gasteiger partial charge is 0.479 e. The number of hydrogen-bond donors (Lipinski definition) is 3. The number of carbonyl (C=O) groups is 4. The van der Waals surface area contributed by atoms with Gasteiger partial charge in [-0.2, -0.15) is 0 Å². The van der Waals surface area contributed by atoms with Gasteiger partial charge >= 0.3 is 11.9 Å². The third-order valence-corrected chi connectivity index (χ3v) is 7.71. The first kappa shape index (κ1) is 38.8. The standard InChI is InChI=1S/C35H53NO8/c1-5-7-9-12-15-18-28(37)19-16-13-10-11-14-17-20-30(35(3,42)34(40)41)32(38)36-31(33(39)43-4)26-27-21-23-29(24-22-27)44-25-8-6-2/h17,20-23,29-31,42H,5,7,9-16,18-19,24-26H2,1-4H3,(H,36,38)(H,40,41)/b20-17+/t29?,30-,31+,35+/m1/s1. The molecule has 9 nitrogen and oxygen atoms in total. The molecule has 1 unspecified atom stereocenters. The van der Waals surface area contributed by atoms with Crippen LogP contribution in [-0.4, -0.2) is 65.3 Å². The van der Waals surface area contributed by atoms with E-state index in [1.165, 1.54) is 32.4 Å². The molecule has 0 spiro atoms. The highest BCUT2D eigenvalue weighted by atomic mass is 16.5. The molecule has 0 aromatic heterocycles. The van der Waals surface area contributed by atoms with E-state index in [-0.39, 0.29) is 12.5 Å². The van der Waals surface area contributed by atoms with Crippen molar-refractivity contribution in [2.75, 3.05) is 13.7 Å². The third kappa shape index (κ3) is 15.5. The zero-order chi connectivity index (χ0) is 32.8. The monoisotopic (exact) mass is 615 g/mol. The second-order valence-corrected chi connectivity index (χ2v) is 11.5. The number of methoxy groups -OCH3 is 1. The van der Waals surface area contributed by atoms with Crippen LogP contribution in [0.15, 0.2) is 36.0 Å². The van der Waals surface area contributed by atoms with Gasteiger partial charge in [-0.15, -0.1) is 5.92 Å². The molecular formula is C35H53NO8. The SMILES string of the molecule is CC#CCOC1C=CC(C[C@H](NC(=O)[C@@H](/C=C/CCCCCCC(=O)CCCCCCC)[C@](C)(O)C(=O)O)C(=O)OC)=CC1. The van der Waals surface area contributed by atoms with Crippen molar-refractivity contribution in [2.24, 2.45) is 5.92 Å². The summed E-state index contributed by atoms with van der Waals surface area (Å²) in [5, 5.41) is 22.9. The molecule has 0 bridgehead atoms. The Bertz CT molecular complexity index is 1060. The molecule has 0 aromatic rings. The van der Waals surface area contributed by atoms with E-state index in [4.69, 9.17) is 9.47 Å². The van der Waals surface area contributed by atoms with Crippen LogP contribution in [-0.2, 0) is 28.7 Å². The summed E-state index contributed by atoms with van der Waals surface area (Å²) in [4.78, 5) is 49.7. The molecule has 0 saturated heterocycles. The van der Waals surface area contributed by atoms with Crippen LogP contribution in [0.3, 0.4) is 0 Å². The molecule has 246 valence electrons. The minimum atomic E-state index is -2.39. The van der Waals surface area contributed by atoms with E-state index in [2.05, 4.69) is 24.1 Å². The fraction of sp³-hybridized carbons (Fsp3) is 0.657. The number of carboxylic acid groups (broad SMARTS) is 1. The van der Waals surface area contributed by atoms with Crippen molar-refractivity contribution >= 4 is 23.6 Å². The molecule has 0 fully saturated rings. The van der Waals surface area contributed by atoms with E-state index < -0.39 is 35.4 Å². The molecule has 9 heteroatoms. The normalized spacial score (nSPS) is 17.1. The topological polar surface area (TPSA) is 139 Å². The van der Waals surface area contributed by atoms with E-state index in [9.17, 15) is 29.4 Å². The first-order valence-corrected chi connectivity index (χ1v) is 16.0. The van der Waals surface area contributed by atoms with Gasteiger partial charge < -0.3 is 25.0 Å². The van der Waals surface area contributed by atoms with Crippen LogP contribution in [0.5, 0.6) is 0 Å². The van der Waals surface area contributed by atoms with Gasteiger partial charge in [-0.1, -0.05) is 81.7 Å². The number of amides is 1. The van der Waals surface area contributed by atoms with Crippen LogP contribution < -0.4 is 5.32 Å². The second kappa shape index (κ2) is 22.3. The molecular weight excluding hydrogens is 562 g/mol. The molecule has 0 heterocycles. The fourth-order valence-electron chi connectivity index (χ4n) is 4.86. The van der Waals surface area contributed by atoms with Crippen molar-refractivity contribution in [1.82, 2.24) is 5.32 Å². The van der Waals surface area contributed by atoms with Crippen molar-refractivity contribution in [3.63, 3.8) is 0 Å². The van der Waals surface area contributed by atoms with Crippen molar-refractivity contribution in [2.45, 2.75) is 128 Å². The summed E-state index contributed by atoms with van der Waals surface area (Å²) in [6.45, 7) is 5.28. The highest BCUT2D eigenvalue weighted by molar-refractivity contribution is 5.92. The number of rotatable bonds is 23. The predicted octanol–water partition coefficient (Wildman–Crippen LogP) is 5.61. The molecule has 0 aromatic carbocycles. The Morgan fingerprint density at radius 2 is 1.75 bits per heavy atom. The van der Waals surface area contributed by atoms with E-state index in [0.717, 1.165) is 51.0 Å². The first-order chi connectivity index (χ1) is 21.1. The summed E-state index contributed by atoms with van der Waals surface area (Å²) in [7, 11) is 1.21. The number of carboxylic acids is 1. The molecule has 0 radical (unpaired) electrons.